The Morgan fingerprint density at radius 3 is 2.79 bits per heavy atom. The zero-order valence-corrected chi connectivity index (χ0v) is 10.5. The van der Waals surface area contributed by atoms with Crippen molar-refractivity contribution in [2.24, 2.45) is 5.73 Å². The molecule has 4 N–H and O–H groups in total. The van der Waals surface area contributed by atoms with E-state index in [1.165, 1.54) is 6.07 Å². The maximum absolute atomic E-state index is 12.1. The molecular weight excluding hydrogens is 246 g/mol. The van der Waals surface area contributed by atoms with E-state index in [-0.39, 0.29) is 17.6 Å². The molecule has 0 radical (unpaired) electrons. The number of carboxylic acids is 1. The van der Waals surface area contributed by atoms with E-state index in [0.29, 0.717) is 18.8 Å². The van der Waals surface area contributed by atoms with Gasteiger partial charge in [0.1, 0.15) is 0 Å². The number of nitrogens with zero attached hydrogens (tertiary/aromatic N) is 1. The number of para-hydroxylation sites is 1. The van der Waals surface area contributed by atoms with E-state index in [0.717, 1.165) is 12.8 Å². The van der Waals surface area contributed by atoms with Crippen molar-refractivity contribution < 1.29 is 14.7 Å². The number of urea groups is 1. The number of likely N-dealkylation sites (tertiary alicyclic amines) is 1. The number of carbonyl (C=O) groups is 2. The van der Waals surface area contributed by atoms with Crippen molar-refractivity contribution in [2.45, 2.75) is 18.9 Å². The summed E-state index contributed by atoms with van der Waals surface area (Å²) in [6.07, 6.45) is 1.78. The monoisotopic (exact) mass is 263 g/mol. The highest BCUT2D eigenvalue weighted by Gasteiger charge is 2.22. The van der Waals surface area contributed by atoms with Crippen LogP contribution in [0.2, 0.25) is 0 Å². The number of amides is 2. The zero-order chi connectivity index (χ0) is 13.8. The van der Waals surface area contributed by atoms with Crippen LogP contribution in [0.3, 0.4) is 0 Å². The van der Waals surface area contributed by atoms with E-state index in [4.69, 9.17) is 10.8 Å². The van der Waals surface area contributed by atoms with Gasteiger partial charge in [-0.05, 0) is 25.0 Å². The van der Waals surface area contributed by atoms with E-state index in [1.807, 2.05) is 0 Å². The highest BCUT2D eigenvalue weighted by Crippen LogP contribution is 2.17. The van der Waals surface area contributed by atoms with Crippen molar-refractivity contribution in [1.82, 2.24) is 4.90 Å². The maximum Gasteiger partial charge on any atom is 0.337 e. The number of nitrogens with two attached hydrogens (primary N) is 1. The third-order valence-electron chi connectivity index (χ3n) is 3.14. The van der Waals surface area contributed by atoms with Crippen LogP contribution in [-0.4, -0.2) is 41.1 Å². The molecule has 6 heteroatoms. The highest BCUT2D eigenvalue weighted by molar-refractivity contribution is 5.99. The van der Waals surface area contributed by atoms with Gasteiger partial charge in [-0.25, -0.2) is 9.59 Å². The molecule has 1 aliphatic rings. The lowest BCUT2D eigenvalue weighted by atomic mass is 10.1. The Morgan fingerprint density at radius 2 is 2.11 bits per heavy atom. The molecule has 1 atom stereocenters. The fraction of sp³-hybridized carbons (Fsp3) is 0.385. The van der Waals surface area contributed by atoms with Crippen LogP contribution in [0.5, 0.6) is 0 Å². The van der Waals surface area contributed by atoms with Gasteiger partial charge in [-0.15, -0.1) is 0 Å². The number of carbonyl (C=O) groups excluding carboxylic acids is 1. The number of piperidine rings is 1. The first-order valence-corrected chi connectivity index (χ1v) is 6.22. The number of benzene rings is 1. The van der Waals surface area contributed by atoms with Crippen LogP contribution in [0.25, 0.3) is 0 Å². The maximum atomic E-state index is 12.1. The SMILES string of the molecule is NC1CCCN(C(=O)Nc2ccccc2C(=O)O)C1. The normalized spacial score (nSPS) is 19.0. The summed E-state index contributed by atoms with van der Waals surface area (Å²) < 4.78 is 0. The van der Waals surface area contributed by atoms with Crippen molar-refractivity contribution in [3.8, 4) is 0 Å². The van der Waals surface area contributed by atoms with Crippen LogP contribution in [0.4, 0.5) is 10.5 Å². The molecule has 102 valence electrons. The fourth-order valence-corrected chi connectivity index (χ4v) is 2.17. The number of nitrogens with one attached hydrogen (secondary N) is 1. The number of carboxylic acid groups (broad SMARTS) is 1. The van der Waals surface area contributed by atoms with Crippen LogP contribution >= 0.6 is 0 Å². The number of hydrogen-bond donors (Lipinski definition) is 3. The largest absolute Gasteiger partial charge is 0.478 e. The highest BCUT2D eigenvalue weighted by atomic mass is 16.4. The molecule has 1 aromatic carbocycles. The topological polar surface area (TPSA) is 95.7 Å². The molecule has 0 aromatic heterocycles. The average molecular weight is 263 g/mol. The predicted molar refractivity (Wildman–Crippen MR) is 71.2 cm³/mol. The Bertz CT molecular complexity index is 490. The number of rotatable bonds is 2. The van der Waals surface area contributed by atoms with E-state index in [2.05, 4.69) is 5.32 Å². The Balaban J connectivity index is 2.08. The van der Waals surface area contributed by atoms with E-state index in [9.17, 15) is 9.59 Å². The molecule has 6 nitrogen and oxygen atoms in total. The van der Waals surface area contributed by atoms with Gasteiger partial charge < -0.3 is 21.1 Å². The van der Waals surface area contributed by atoms with Crippen LogP contribution in [0.15, 0.2) is 24.3 Å². The van der Waals surface area contributed by atoms with Crippen molar-refractivity contribution in [1.29, 1.82) is 0 Å². The summed E-state index contributed by atoms with van der Waals surface area (Å²) in [7, 11) is 0. The Morgan fingerprint density at radius 1 is 1.37 bits per heavy atom. The second-order valence-corrected chi connectivity index (χ2v) is 4.63. The molecule has 2 amide bonds. The van der Waals surface area contributed by atoms with Gasteiger partial charge in [-0.1, -0.05) is 12.1 Å². The van der Waals surface area contributed by atoms with E-state index < -0.39 is 5.97 Å². The molecule has 1 unspecified atom stereocenters. The second-order valence-electron chi connectivity index (χ2n) is 4.63. The minimum atomic E-state index is -1.06. The average Bonchev–Trinajstić information content (AvgIpc) is 2.39. The van der Waals surface area contributed by atoms with Crippen LogP contribution in [0.1, 0.15) is 23.2 Å². The van der Waals surface area contributed by atoms with Gasteiger partial charge in [0.2, 0.25) is 0 Å². The molecule has 0 saturated carbocycles. The van der Waals surface area contributed by atoms with Crippen LogP contribution in [0, 0.1) is 0 Å². The van der Waals surface area contributed by atoms with Crippen molar-refractivity contribution in [3.63, 3.8) is 0 Å². The smallest absolute Gasteiger partial charge is 0.337 e. The lowest BCUT2D eigenvalue weighted by Crippen LogP contribution is -2.47. The molecular formula is C13H17N3O3. The standard InChI is InChI=1S/C13H17N3O3/c14-9-4-3-7-16(8-9)13(19)15-11-6-2-1-5-10(11)12(17)18/h1-2,5-6,9H,3-4,7-8,14H2,(H,15,19)(H,17,18). The number of aromatic carboxylic acids is 1. The molecule has 0 aliphatic carbocycles. The quantitative estimate of drug-likeness (QED) is 0.750. The minimum Gasteiger partial charge on any atom is -0.478 e. The summed E-state index contributed by atoms with van der Waals surface area (Å²) in [6, 6.07) is 6.03. The summed E-state index contributed by atoms with van der Waals surface area (Å²) in [5.41, 5.74) is 6.20. The Hall–Kier alpha value is -2.08. The summed E-state index contributed by atoms with van der Waals surface area (Å²) in [4.78, 5) is 24.7. The minimum absolute atomic E-state index is 0.00535. The molecule has 1 saturated heterocycles. The third-order valence-corrected chi connectivity index (χ3v) is 3.14. The Kier molecular flexibility index (Phi) is 4.01. The van der Waals surface area contributed by atoms with Gasteiger partial charge >= 0.3 is 12.0 Å². The molecule has 1 aromatic rings. The number of anilines is 1. The summed E-state index contributed by atoms with van der Waals surface area (Å²) in [5, 5.41) is 11.7. The predicted octanol–water partition coefficient (Wildman–Crippen LogP) is 1.34. The first-order chi connectivity index (χ1) is 9.08. The molecule has 0 spiro atoms. The first kappa shape index (κ1) is 13.4. The first-order valence-electron chi connectivity index (χ1n) is 6.22. The lowest BCUT2D eigenvalue weighted by molar-refractivity contribution is 0.0698. The molecule has 0 bridgehead atoms. The van der Waals surface area contributed by atoms with Crippen LogP contribution in [-0.2, 0) is 0 Å². The molecule has 2 rings (SSSR count). The van der Waals surface area contributed by atoms with E-state index in [1.54, 1.807) is 23.1 Å². The third kappa shape index (κ3) is 3.23. The molecule has 1 aliphatic heterocycles. The van der Waals surface area contributed by atoms with Gasteiger partial charge in [0.05, 0.1) is 11.3 Å². The van der Waals surface area contributed by atoms with Crippen LogP contribution < -0.4 is 11.1 Å². The lowest BCUT2D eigenvalue weighted by Gasteiger charge is -2.30. The molecule has 19 heavy (non-hydrogen) atoms. The summed E-state index contributed by atoms with van der Waals surface area (Å²) in [5.74, 6) is -1.06. The number of hydrogen-bond acceptors (Lipinski definition) is 3. The van der Waals surface area contributed by atoms with Gasteiger partial charge in [-0.3, -0.25) is 0 Å². The van der Waals surface area contributed by atoms with E-state index >= 15 is 0 Å². The fourth-order valence-electron chi connectivity index (χ4n) is 2.17. The second kappa shape index (κ2) is 5.71. The van der Waals surface area contributed by atoms with Crippen molar-refractivity contribution in [2.75, 3.05) is 18.4 Å². The van der Waals surface area contributed by atoms with Gasteiger partial charge in [0.25, 0.3) is 0 Å². The van der Waals surface area contributed by atoms with Gasteiger partial charge in [0, 0.05) is 19.1 Å². The summed E-state index contributed by atoms with van der Waals surface area (Å²) in [6.45, 7) is 1.15. The molecule has 1 fully saturated rings. The van der Waals surface area contributed by atoms with Crippen molar-refractivity contribution >= 4 is 17.7 Å². The Labute approximate surface area is 111 Å². The van der Waals surface area contributed by atoms with Gasteiger partial charge in [-0.2, -0.15) is 0 Å². The molecule has 1 heterocycles. The van der Waals surface area contributed by atoms with Crippen molar-refractivity contribution in [3.05, 3.63) is 29.8 Å². The van der Waals surface area contributed by atoms with Gasteiger partial charge in [0.15, 0.2) is 0 Å². The summed E-state index contributed by atoms with van der Waals surface area (Å²) >= 11 is 0. The zero-order valence-electron chi connectivity index (χ0n) is 10.5.